The summed E-state index contributed by atoms with van der Waals surface area (Å²) >= 11 is 0. The Bertz CT molecular complexity index is 741. The molecule has 0 aliphatic rings. The molecule has 0 fully saturated rings. The van der Waals surface area contributed by atoms with Gasteiger partial charge < -0.3 is 0 Å². The van der Waals surface area contributed by atoms with Crippen LogP contribution in [0.4, 0.5) is 5.69 Å². The van der Waals surface area contributed by atoms with E-state index in [-0.39, 0.29) is 4.90 Å². The summed E-state index contributed by atoms with van der Waals surface area (Å²) in [5.74, 6) is 0. The van der Waals surface area contributed by atoms with E-state index in [0.717, 1.165) is 11.1 Å². The Morgan fingerprint density at radius 3 is 2.05 bits per heavy atom. The highest BCUT2D eigenvalue weighted by Crippen LogP contribution is 2.23. The molecule has 0 amide bonds. The lowest BCUT2D eigenvalue weighted by Gasteiger charge is -2.10. The quantitative estimate of drug-likeness (QED) is 0.945. The molecular formula is C14H19N3O2S. The molecule has 20 heavy (non-hydrogen) atoms. The number of hydrogen-bond acceptors (Lipinski definition) is 3. The van der Waals surface area contributed by atoms with Crippen LogP contribution in [0.1, 0.15) is 22.5 Å². The lowest BCUT2D eigenvalue weighted by atomic mass is 10.1. The van der Waals surface area contributed by atoms with Gasteiger partial charge in [0.15, 0.2) is 0 Å². The SMILES string of the molecule is Cc1cc(C)cc(NS(=O)(=O)c2c(C)nn(C)c2C)c1. The molecule has 108 valence electrons. The van der Waals surface area contributed by atoms with Crippen LogP contribution in [0.3, 0.4) is 0 Å². The Morgan fingerprint density at radius 1 is 1.05 bits per heavy atom. The normalized spacial score (nSPS) is 11.7. The van der Waals surface area contributed by atoms with Gasteiger partial charge in [0.05, 0.1) is 11.4 Å². The van der Waals surface area contributed by atoms with Gasteiger partial charge in [-0.25, -0.2) is 8.42 Å². The number of rotatable bonds is 3. The number of benzene rings is 1. The molecule has 6 heteroatoms. The van der Waals surface area contributed by atoms with E-state index in [9.17, 15) is 8.42 Å². The van der Waals surface area contributed by atoms with E-state index < -0.39 is 10.0 Å². The van der Waals surface area contributed by atoms with Gasteiger partial charge in [-0.05, 0) is 51.0 Å². The Hall–Kier alpha value is -1.82. The zero-order valence-electron chi connectivity index (χ0n) is 12.4. The molecule has 0 aliphatic heterocycles. The maximum atomic E-state index is 12.5. The lowest BCUT2D eigenvalue weighted by molar-refractivity contribution is 0.599. The molecule has 0 saturated carbocycles. The fourth-order valence-corrected chi connectivity index (χ4v) is 3.86. The van der Waals surface area contributed by atoms with Crippen molar-refractivity contribution in [3.8, 4) is 0 Å². The van der Waals surface area contributed by atoms with Crippen molar-refractivity contribution in [1.82, 2.24) is 9.78 Å². The van der Waals surface area contributed by atoms with Crippen molar-refractivity contribution in [2.75, 3.05) is 4.72 Å². The number of nitrogens with one attached hydrogen (secondary N) is 1. The average molecular weight is 293 g/mol. The second kappa shape index (κ2) is 4.94. The highest BCUT2D eigenvalue weighted by atomic mass is 32.2. The summed E-state index contributed by atoms with van der Waals surface area (Å²) in [6, 6.07) is 5.62. The van der Waals surface area contributed by atoms with Crippen LogP contribution in [0, 0.1) is 27.7 Å². The van der Waals surface area contributed by atoms with Crippen molar-refractivity contribution in [3.63, 3.8) is 0 Å². The van der Waals surface area contributed by atoms with Crippen molar-refractivity contribution in [2.45, 2.75) is 32.6 Å². The molecule has 0 bridgehead atoms. The number of sulfonamides is 1. The number of aromatic nitrogens is 2. The molecule has 0 unspecified atom stereocenters. The molecule has 0 aliphatic carbocycles. The standard InChI is InChI=1S/C14H19N3O2S/c1-9-6-10(2)8-13(7-9)16-20(18,19)14-11(3)15-17(5)12(14)4/h6-8,16H,1-5H3. The molecule has 2 rings (SSSR count). The van der Waals surface area contributed by atoms with Gasteiger partial charge in [0.1, 0.15) is 4.90 Å². The molecule has 2 aromatic rings. The third-order valence-corrected chi connectivity index (χ3v) is 4.82. The molecule has 1 aromatic heterocycles. The molecule has 1 aromatic carbocycles. The first-order chi connectivity index (χ1) is 9.20. The Balaban J connectivity index is 2.46. The highest BCUT2D eigenvalue weighted by Gasteiger charge is 2.23. The van der Waals surface area contributed by atoms with Crippen LogP contribution in [-0.4, -0.2) is 18.2 Å². The second-order valence-corrected chi connectivity index (χ2v) is 6.72. The molecule has 0 spiro atoms. The van der Waals surface area contributed by atoms with E-state index in [2.05, 4.69) is 9.82 Å². The van der Waals surface area contributed by atoms with Crippen molar-refractivity contribution in [2.24, 2.45) is 7.05 Å². The zero-order chi connectivity index (χ0) is 15.1. The van der Waals surface area contributed by atoms with Crippen molar-refractivity contribution in [3.05, 3.63) is 40.7 Å². The first-order valence-corrected chi connectivity index (χ1v) is 7.80. The summed E-state index contributed by atoms with van der Waals surface area (Å²) in [5, 5.41) is 4.15. The predicted octanol–water partition coefficient (Wildman–Crippen LogP) is 2.45. The van der Waals surface area contributed by atoms with E-state index in [4.69, 9.17) is 0 Å². The van der Waals surface area contributed by atoms with Crippen LogP contribution in [0.5, 0.6) is 0 Å². The van der Waals surface area contributed by atoms with Gasteiger partial charge in [0.25, 0.3) is 10.0 Å². The predicted molar refractivity (Wildman–Crippen MR) is 79.4 cm³/mol. The molecule has 1 N–H and O–H groups in total. The average Bonchev–Trinajstić information content (AvgIpc) is 2.50. The molecule has 0 atom stereocenters. The van der Waals surface area contributed by atoms with Gasteiger partial charge in [0, 0.05) is 12.7 Å². The van der Waals surface area contributed by atoms with Crippen LogP contribution in [0.2, 0.25) is 0 Å². The van der Waals surface area contributed by atoms with Crippen molar-refractivity contribution >= 4 is 15.7 Å². The van der Waals surface area contributed by atoms with E-state index >= 15 is 0 Å². The maximum Gasteiger partial charge on any atom is 0.265 e. The molecule has 5 nitrogen and oxygen atoms in total. The third-order valence-electron chi connectivity index (χ3n) is 3.19. The van der Waals surface area contributed by atoms with Gasteiger partial charge in [-0.1, -0.05) is 6.07 Å². The summed E-state index contributed by atoms with van der Waals surface area (Å²) in [6.45, 7) is 7.32. The topological polar surface area (TPSA) is 64.0 Å². The number of anilines is 1. The lowest BCUT2D eigenvalue weighted by Crippen LogP contribution is -2.15. The summed E-state index contributed by atoms with van der Waals surface area (Å²) < 4.78 is 29.2. The fourth-order valence-electron chi connectivity index (χ4n) is 2.38. The minimum atomic E-state index is -3.62. The first-order valence-electron chi connectivity index (χ1n) is 6.32. The number of aryl methyl sites for hydroxylation is 4. The molecule has 1 heterocycles. The van der Waals surface area contributed by atoms with Gasteiger partial charge in [0.2, 0.25) is 0 Å². The number of nitrogens with zero attached hydrogens (tertiary/aromatic N) is 2. The Kier molecular flexibility index (Phi) is 3.60. The van der Waals surface area contributed by atoms with E-state index in [0.29, 0.717) is 17.1 Å². The van der Waals surface area contributed by atoms with Crippen LogP contribution in [-0.2, 0) is 17.1 Å². The van der Waals surface area contributed by atoms with Crippen LogP contribution in [0.25, 0.3) is 0 Å². The smallest absolute Gasteiger partial charge is 0.265 e. The minimum Gasteiger partial charge on any atom is -0.280 e. The third kappa shape index (κ3) is 2.70. The summed E-state index contributed by atoms with van der Waals surface area (Å²) in [6.07, 6.45) is 0. The number of hydrogen-bond donors (Lipinski definition) is 1. The minimum absolute atomic E-state index is 0.249. The highest BCUT2D eigenvalue weighted by molar-refractivity contribution is 7.92. The second-order valence-electron chi connectivity index (χ2n) is 5.11. The molecule has 0 saturated heterocycles. The van der Waals surface area contributed by atoms with Gasteiger partial charge in [-0.3, -0.25) is 9.40 Å². The van der Waals surface area contributed by atoms with E-state index in [1.165, 1.54) is 0 Å². The van der Waals surface area contributed by atoms with Gasteiger partial charge >= 0.3 is 0 Å². The zero-order valence-corrected chi connectivity index (χ0v) is 13.2. The van der Waals surface area contributed by atoms with E-state index in [1.54, 1.807) is 25.6 Å². The first kappa shape index (κ1) is 14.6. The van der Waals surface area contributed by atoms with Crippen molar-refractivity contribution < 1.29 is 8.42 Å². The monoisotopic (exact) mass is 293 g/mol. The summed E-state index contributed by atoms with van der Waals surface area (Å²) in [7, 11) is -1.89. The largest absolute Gasteiger partial charge is 0.280 e. The van der Waals surface area contributed by atoms with Crippen LogP contribution < -0.4 is 4.72 Å². The van der Waals surface area contributed by atoms with Gasteiger partial charge in [-0.2, -0.15) is 5.10 Å². The Labute approximate surface area is 119 Å². The van der Waals surface area contributed by atoms with Crippen molar-refractivity contribution in [1.29, 1.82) is 0 Å². The molecule has 0 radical (unpaired) electrons. The Morgan fingerprint density at radius 2 is 1.60 bits per heavy atom. The van der Waals surface area contributed by atoms with Gasteiger partial charge in [-0.15, -0.1) is 0 Å². The molecular weight excluding hydrogens is 274 g/mol. The fraction of sp³-hybridized carbons (Fsp3) is 0.357. The summed E-state index contributed by atoms with van der Waals surface area (Å²) in [5.41, 5.74) is 3.73. The van der Waals surface area contributed by atoms with Crippen LogP contribution >= 0.6 is 0 Å². The van der Waals surface area contributed by atoms with E-state index in [1.807, 2.05) is 32.0 Å². The maximum absolute atomic E-state index is 12.5. The summed E-state index contributed by atoms with van der Waals surface area (Å²) in [4.78, 5) is 0.249. The van der Waals surface area contributed by atoms with Crippen LogP contribution in [0.15, 0.2) is 23.1 Å².